The number of morpholine rings is 1. The lowest BCUT2D eigenvalue weighted by Crippen LogP contribution is -2.51. The number of nitrogens with one attached hydrogen (secondary N) is 1. The van der Waals surface area contributed by atoms with Gasteiger partial charge in [0.25, 0.3) is 0 Å². The first kappa shape index (κ1) is 13.4. The number of pyridine rings is 1. The Morgan fingerprint density at radius 3 is 3.00 bits per heavy atom. The van der Waals surface area contributed by atoms with Crippen LogP contribution in [0.25, 0.3) is 0 Å². The van der Waals surface area contributed by atoms with Gasteiger partial charge in [-0.2, -0.15) is 0 Å². The minimum atomic E-state index is 0.278. The van der Waals surface area contributed by atoms with Crippen LogP contribution < -0.4 is 10.2 Å². The number of rotatable bonds is 4. The highest BCUT2D eigenvalue weighted by Crippen LogP contribution is 2.28. The average Bonchev–Trinajstić information content (AvgIpc) is 3.21. The lowest BCUT2D eigenvalue weighted by atomic mass is 10.2. The largest absolute Gasteiger partial charge is 0.377 e. The van der Waals surface area contributed by atoms with Crippen molar-refractivity contribution in [3.63, 3.8) is 0 Å². The molecule has 1 N–H and O–H groups in total. The van der Waals surface area contributed by atoms with Gasteiger partial charge >= 0.3 is 0 Å². The highest BCUT2D eigenvalue weighted by Gasteiger charge is 2.28. The molecule has 0 spiro atoms. The van der Waals surface area contributed by atoms with Crippen LogP contribution in [0.5, 0.6) is 0 Å². The summed E-state index contributed by atoms with van der Waals surface area (Å²) in [5.41, 5.74) is 0. The van der Waals surface area contributed by atoms with Crippen molar-refractivity contribution in [1.82, 2.24) is 10.3 Å². The monoisotopic (exact) mass is 301 g/mol. The third kappa shape index (κ3) is 3.31. The van der Waals surface area contributed by atoms with Crippen LogP contribution in [0.2, 0.25) is 10.0 Å². The molecule has 1 saturated heterocycles. The van der Waals surface area contributed by atoms with Crippen molar-refractivity contribution in [2.75, 3.05) is 31.2 Å². The van der Waals surface area contributed by atoms with Crippen molar-refractivity contribution in [1.29, 1.82) is 0 Å². The van der Waals surface area contributed by atoms with Crippen LogP contribution in [-0.2, 0) is 4.74 Å². The number of hydrogen-bond acceptors (Lipinski definition) is 4. The van der Waals surface area contributed by atoms with E-state index in [0.717, 1.165) is 18.9 Å². The maximum absolute atomic E-state index is 6.25. The van der Waals surface area contributed by atoms with Crippen molar-refractivity contribution in [2.45, 2.75) is 24.9 Å². The molecule has 3 rings (SSSR count). The Morgan fingerprint density at radius 1 is 1.42 bits per heavy atom. The second-order valence-corrected chi connectivity index (χ2v) is 5.91. The minimum Gasteiger partial charge on any atom is -0.377 e. The summed E-state index contributed by atoms with van der Waals surface area (Å²) in [6.45, 7) is 3.14. The number of nitrogens with zero attached hydrogens (tertiary/aromatic N) is 2. The summed E-state index contributed by atoms with van der Waals surface area (Å²) in [6.07, 6.45) is 4.21. The molecule has 19 heavy (non-hydrogen) atoms. The Morgan fingerprint density at radius 2 is 2.26 bits per heavy atom. The molecule has 1 aromatic rings. The van der Waals surface area contributed by atoms with Crippen LogP contribution in [0.4, 0.5) is 5.82 Å². The van der Waals surface area contributed by atoms with Gasteiger partial charge in [0.05, 0.1) is 29.3 Å². The summed E-state index contributed by atoms with van der Waals surface area (Å²) in [5, 5.41) is 4.71. The van der Waals surface area contributed by atoms with Gasteiger partial charge in [-0.1, -0.05) is 23.2 Å². The third-order valence-corrected chi connectivity index (χ3v) is 3.99. The maximum Gasteiger partial charge on any atom is 0.147 e. The second kappa shape index (κ2) is 5.83. The first-order valence-corrected chi connectivity index (χ1v) is 7.38. The van der Waals surface area contributed by atoms with Crippen molar-refractivity contribution < 1.29 is 4.74 Å². The molecule has 2 fully saturated rings. The summed E-state index contributed by atoms with van der Waals surface area (Å²) in [7, 11) is 0. The predicted octanol–water partition coefficient (Wildman–Crippen LogP) is 2.35. The zero-order valence-corrected chi connectivity index (χ0v) is 12.1. The zero-order valence-electron chi connectivity index (χ0n) is 10.6. The zero-order chi connectivity index (χ0) is 13.2. The standard InChI is InChI=1S/C13H17Cl2N3O/c14-9-5-12(15)13(17-6-9)18-3-4-19-8-11(18)7-16-10-1-2-10/h5-6,10-11,16H,1-4,7-8H2. The molecule has 0 bridgehead atoms. The molecule has 1 aromatic heterocycles. The van der Waals surface area contributed by atoms with E-state index >= 15 is 0 Å². The van der Waals surface area contributed by atoms with Crippen LogP contribution in [0, 0.1) is 0 Å². The van der Waals surface area contributed by atoms with Crippen molar-refractivity contribution in [2.24, 2.45) is 0 Å². The van der Waals surface area contributed by atoms with Crippen molar-refractivity contribution in [3.05, 3.63) is 22.3 Å². The SMILES string of the molecule is Clc1cnc(N2CCOCC2CNC2CC2)c(Cl)c1. The van der Waals surface area contributed by atoms with Gasteiger partial charge in [-0.15, -0.1) is 0 Å². The highest BCUT2D eigenvalue weighted by molar-refractivity contribution is 6.36. The molecule has 0 aromatic carbocycles. The van der Waals surface area contributed by atoms with E-state index < -0.39 is 0 Å². The average molecular weight is 302 g/mol. The van der Waals surface area contributed by atoms with Crippen LogP contribution in [0.1, 0.15) is 12.8 Å². The third-order valence-electron chi connectivity index (χ3n) is 3.51. The molecule has 4 nitrogen and oxygen atoms in total. The van der Waals surface area contributed by atoms with Crippen molar-refractivity contribution >= 4 is 29.0 Å². The van der Waals surface area contributed by atoms with Gasteiger partial charge in [0.2, 0.25) is 0 Å². The van der Waals surface area contributed by atoms with Gasteiger partial charge in [-0.25, -0.2) is 4.98 Å². The Hall–Kier alpha value is -0.550. The fourth-order valence-electron chi connectivity index (χ4n) is 2.31. The smallest absolute Gasteiger partial charge is 0.147 e. The second-order valence-electron chi connectivity index (χ2n) is 5.06. The summed E-state index contributed by atoms with van der Waals surface area (Å²) < 4.78 is 5.57. The van der Waals surface area contributed by atoms with E-state index in [-0.39, 0.29) is 6.04 Å². The van der Waals surface area contributed by atoms with Crippen LogP contribution in [-0.4, -0.2) is 43.4 Å². The van der Waals surface area contributed by atoms with Crippen LogP contribution in [0.15, 0.2) is 12.3 Å². The lowest BCUT2D eigenvalue weighted by Gasteiger charge is -2.37. The van der Waals surface area contributed by atoms with Crippen LogP contribution >= 0.6 is 23.2 Å². The van der Waals surface area contributed by atoms with Gasteiger partial charge < -0.3 is 15.0 Å². The normalized spacial score (nSPS) is 23.7. The quantitative estimate of drug-likeness (QED) is 0.926. The fourth-order valence-corrected chi connectivity index (χ4v) is 2.80. The Balaban J connectivity index is 1.74. The molecular weight excluding hydrogens is 285 g/mol. The van der Waals surface area contributed by atoms with E-state index in [9.17, 15) is 0 Å². The van der Waals surface area contributed by atoms with Gasteiger partial charge in [0.1, 0.15) is 5.82 Å². The molecule has 6 heteroatoms. The number of halogens is 2. The first-order chi connectivity index (χ1) is 9.24. The molecule has 2 aliphatic rings. The molecule has 0 amide bonds. The Labute approximate surface area is 123 Å². The number of ether oxygens (including phenoxy) is 1. The Kier molecular flexibility index (Phi) is 4.12. The summed E-state index contributed by atoms with van der Waals surface area (Å²) in [4.78, 5) is 6.59. The van der Waals surface area contributed by atoms with Gasteiger partial charge in [0.15, 0.2) is 0 Å². The number of hydrogen-bond donors (Lipinski definition) is 1. The maximum atomic E-state index is 6.25. The molecular formula is C13H17Cl2N3O. The topological polar surface area (TPSA) is 37.4 Å². The van der Waals surface area contributed by atoms with E-state index in [1.165, 1.54) is 12.8 Å². The Bertz CT molecular complexity index is 454. The van der Waals surface area contributed by atoms with E-state index in [1.54, 1.807) is 12.3 Å². The van der Waals surface area contributed by atoms with Gasteiger partial charge in [-0.3, -0.25) is 0 Å². The van der Waals surface area contributed by atoms with Crippen LogP contribution in [0.3, 0.4) is 0 Å². The molecule has 1 atom stereocenters. The molecule has 1 aliphatic carbocycles. The lowest BCUT2D eigenvalue weighted by molar-refractivity contribution is 0.0932. The first-order valence-electron chi connectivity index (χ1n) is 6.63. The predicted molar refractivity (Wildman–Crippen MR) is 77.2 cm³/mol. The van der Waals surface area contributed by atoms with Gasteiger partial charge in [0, 0.05) is 25.3 Å². The fraction of sp³-hybridized carbons (Fsp3) is 0.615. The summed E-state index contributed by atoms with van der Waals surface area (Å²) in [5.74, 6) is 0.803. The summed E-state index contributed by atoms with van der Waals surface area (Å²) >= 11 is 12.2. The molecule has 104 valence electrons. The number of anilines is 1. The van der Waals surface area contributed by atoms with Gasteiger partial charge in [-0.05, 0) is 18.9 Å². The summed E-state index contributed by atoms with van der Waals surface area (Å²) in [6, 6.07) is 2.71. The van der Waals surface area contributed by atoms with E-state index in [4.69, 9.17) is 27.9 Å². The molecule has 1 unspecified atom stereocenters. The minimum absolute atomic E-state index is 0.278. The van der Waals surface area contributed by atoms with E-state index in [0.29, 0.717) is 29.3 Å². The number of aromatic nitrogens is 1. The molecule has 2 heterocycles. The van der Waals surface area contributed by atoms with Crippen molar-refractivity contribution in [3.8, 4) is 0 Å². The highest BCUT2D eigenvalue weighted by atomic mass is 35.5. The van der Waals surface area contributed by atoms with E-state index in [2.05, 4.69) is 15.2 Å². The molecule has 1 aliphatic heterocycles. The molecule has 0 radical (unpaired) electrons. The molecule has 1 saturated carbocycles. The van der Waals surface area contributed by atoms with E-state index in [1.807, 2.05) is 0 Å².